The zero-order valence-electron chi connectivity index (χ0n) is 8.01. The molecule has 2 unspecified atom stereocenters. The van der Waals surface area contributed by atoms with Crippen LogP contribution in [0.2, 0.25) is 0 Å². The lowest BCUT2D eigenvalue weighted by Gasteiger charge is -2.11. The second-order valence-electron chi connectivity index (χ2n) is 3.95. The molecule has 1 aromatic rings. The van der Waals surface area contributed by atoms with Gasteiger partial charge in [0.25, 0.3) is 0 Å². The fourth-order valence-corrected chi connectivity index (χ4v) is 2.41. The molecule has 1 N–H and O–H groups in total. The van der Waals surface area contributed by atoms with Gasteiger partial charge in [-0.3, -0.25) is 0 Å². The zero-order valence-corrected chi connectivity index (χ0v) is 9.60. The molecule has 82 valence electrons. The molecule has 1 nitrogen and oxygen atoms in total. The smallest absolute Gasteiger partial charge is 0.137 e. The van der Waals surface area contributed by atoms with E-state index in [1.54, 1.807) is 0 Å². The van der Waals surface area contributed by atoms with Gasteiger partial charge in [0.05, 0.1) is 10.6 Å². The van der Waals surface area contributed by atoms with Gasteiger partial charge in [-0.1, -0.05) is 0 Å². The fraction of sp³-hybridized carbons (Fsp3) is 0.455. The quantitative estimate of drug-likeness (QED) is 0.780. The molecule has 1 aliphatic carbocycles. The third kappa shape index (κ3) is 2.21. The van der Waals surface area contributed by atoms with Crippen LogP contribution in [0.25, 0.3) is 0 Å². The first-order valence-corrected chi connectivity index (χ1v) is 5.69. The van der Waals surface area contributed by atoms with Crippen LogP contribution in [0.5, 0.6) is 0 Å². The molecular weight excluding hydrogens is 266 g/mol. The van der Waals surface area contributed by atoms with E-state index in [2.05, 4.69) is 15.9 Å². The van der Waals surface area contributed by atoms with Crippen molar-refractivity contribution in [3.63, 3.8) is 0 Å². The predicted molar refractivity (Wildman–Crippen MR) is 56.7 cm³/mol. The van der Waals surface area contributed by atoms with E-state index in [0.29, 0.717) is 18.4 Å². The molecular formula is C11H11BrF2O. The van der Waals surface area contributed by atoms with Crippen LogP contribution in [0, 0.1) is 11.6 Å². The van der Waals surface area contributed by atoms with Gasteiger partial charge in [0, 0.05) is 0 Å². The minimum absolute atomic E-state index is 0.0531. The van der Waals surface area contributed by atoms with Crippen LogP contribution in [0.15, 0.2) is 16.6 Å². The minimum Gasteiger partial charge on any atom is -0.393 e. The summed E-state index contributed by atoms with van der Waals surface area (Å²) >= 11 is 2.94. The van der Waals surface area contributed by atoms with Crippen molar-refractivity contribution in [1.29, 1.82) is 0 Å². The highest BCUT2D eigenvalue weighted by Gasteiger charge is 2.27. The Balaban J connectivity index is 2.32. The van der Waals surface area contributed by atoms with E-state index in [0.717, 1.165) is 12.5 Å². The summed E-state index contributed by atoms with van der Waals surface area (Å²) in [7, 11) is 0. The number of aliphatic hydroxyl groups excluding tert-OH is 1. The van der Waals surface area contributed by atoms with Crippen LogP contribution >= 0.6 is 15.9 Å². The molecule has 2 atom stereocenters. The minimum atomic E-state index is -0.451. The van der Waals surface area contributed by atoms with Crippen molar-refractivity contribution in [2.24, 2.45) is 0 Å². The van der Waals surface area contributed by atoms with E-state index in [-0.39, 0.29) is 16.5 Å². The summed E-state index contributed by atoms with van der Waals surface area (Å²) in [6.07, 6.45) is 1.54. The Kier molecular flexibility index (Phi) is 3.07. The maximum atomic E-state index is 13.5. The first-order chi connectivity index (χ1) is 7.08. The van der Waals surface area contributed by atoms with E-state index in [9.17, 15) is 13.9 Å². The van der Waals surface area contributed by atoms with Crippen LogP contribution in [-0.4, -0.2) is 11.2 Å². The Morgan fingerprint density at radius 3 is 2.53 bits per heavy atom. The van der Waals surface area contributed by atoms with Crippen LogP contribution in [0.1, 0.15) is 30.7 Å². The Morgan fingerprint density at radius 2 is 1.93 bits per heavy atom. The molecule has 0 amide bonds. The molecule has 4 heteroatoms. The van der Waals surface area contributed by atoms with E-state index in [1.807, 2.05) is 0 Å². The van der Waals surface area contributed by atoms with Crippen LogP contribution in [0.4, 0.5) is 8.78 Å². The number of aliphatic hydroxyl groups is 1. The van der Waals surface area contributed by atoms with Gasteiger partial charge in [0.15, 0.2) is 0 Å². The standard InChI is InChI=1S/C11H11BrF2O/c12-9-5-10(13)8(4-11(9)14)6-1-2-7(15)3-6/h4-7,15H,1-3H2. The Hall–Kier alpha value is -0.480. The number of halogens is 3. The third-order valence-electron chi connectivity index (χ3n) is 2.88. The van der Waals surface area contributed by atoms with Crippen molar-refractivity contribution in [3.05, 3.63) is 33.8 Å². The number of hydrogen-bond donors (Lipinski definition) is 1. The van der Waals surface area contributed by atoms with Gasteiger partial charge < -0.3 is 5.11 Å². The maximum absolute atomic E-state index is 13.5. The molecule has 1 aliphatic rings. The molecule has 0 bridgehead atoms. The average molecular weight is 277 g/mol. The van der Waals surface area contributed by atoms with Crippen LogP contribution < -0.4 is 0 Å². The topological polar surface area (TPSA) is 20.2 Å². The first-order valence-electron chi connectivity index (χ1n) is 4.90. The lowest BCUT2D eigenvalue weighted by Crippen LogP contribution is -2.02. The third-order valence-corrected chi connectivity index (χ3v) is 3.49. The summed E-state index contributed by atoms with van der Waals surface area (Å²) in [4.78, 5) is 0. The molecule has 0 spiro atoms. The SMILES string of the molecule is OC1CCC(c2cc(F)c(Br)cc2F)C1. The molecule has 0 heterocycles. The highest BCUT2D eigenvalue weighted by molar-refractivity contribution is 9.10. The van der Waals surface area contributed by atoms with Gasteiger partial charge in [-0.05, 0) is 58.8 Å². The zero-order chi connectivity index (χ0) is 11.0. The van der Waals surface area contributed by atoms with Crippen LogP contribution in [-0.2, 0) is 0 Å². The van der Waals surface area contributed by atoms with Crippen molar-refractivity contribution in [1.82, 2.24) is 0 Å². The van der Waals surface area contributed by atoms with Crippen molar-refractivity contribution >= 4 is 15.9 Å². The second kappa shape index (κ2) is 4.18. The Morgan fingerprint density at radius 1 is 1.20 bits per heavy atom. The average Bonchev–Trinajstić information content (AvgIpc) is 2.58. The van der Waals surface area contributed by atoms with Gasteiger partial charge in [0.1, 0.15) is 11.6 Å². The highest BCUT2D eigenvalue weighted by atomic mass is 79.9. The summed E-state index contributed by atoms with van der Waals surface area (Å²) in [5, 5.41) is 9.35. The molecule has 0 saturated heterocycles. The van der Waals surface area contributed by atoms with Crippen molar-refractivity contribution < 1.29 is 13.9 Å². The van der Waals surface area contributed by atoms with Gasteiger partial charge in [-0.15, -0.1) is 0 Å². The number of benzene rings is 1. The molecule has 1 saturated carbocycles. The molecule has 15 heavy (non-hydrogen) atoms. The predicted octanol–water partition coefficient (Wildman–Crippen LogP) is 3.36. The number of hydrogen-bond acceptors (Lipinski definition) is 1. The van der Waals surface area contributed by atoms with Gasteiger partial charge in [-0.25, -0.2) is 8.78 Å². The summed E-state index contributed by atoms with van der Waals surface area (Å²) in [6.45, 7) is 0. The molecule has 0 radical (unpaired) electrons. The number of rotatable bonds is 1. The molecule has 0 aromatic heterocycles. The largest absolute Gasteiger partial charge is 0.393 e. The van der Waals surface area contributed by atoms with Crippen molar-refractivity contribution in [3.8, 4) is 0 Å². The van der Waals surface area contributed by atoms with Crippen LogP contribution in [0.3, 0.4) is 0 Å². The fourth-order valence-electron chi connectivity index (χ4n) is 2.09. The lowest BCUT2D eigenvalue weighted by atomic mass is 9.97. The van der Waals surface area contributed by atoms with E-state index in [4.69, 9.17) is 0 Å². The maximum Gasteiger partial charge on any atom is 0.137 e. The highest BCUT2D eigenvalue weighted by Crippen LogP contribution is 2.37. The lowest BCUT2D eigenvalue weighted by molar-refractivity contribution is 0.181. The first kappa shape index (κ1) is 11.0. The molecule has 1 fully saturated rings. The van der Waals surface area contributed by atoms with Crippen molar-refractivity contribution in [2.45, 2.75) is 31.3 Å². The summed E-state index contributed by atoms with van der Waals surface area (Å²) in [5.74, 6) is -0.905. The van der Waals surface area contributed by atoms with Gasteiger partial charge in [0.2, 0.25) is 0 Å². The molecule has 1 aromatic carbocycles. The normalized spacial score (nSPS) is 25.9. The monoisotopic (exact) mass is 276 g/mol. The molecule has 2 rings (SSSR count). The Labute approximate surface area is 95.2 Å². The summed E-state index contributed by atoms with van der Waals surface area (Å²) in [6, 6.07) is 2.37. The second-order valence-corrected chi connectivity index (χ2v) is 4.81. The van der Waals surface area contributed by atoms with E-state index in [1.165, 1.54) is 6.07 Å². The molecule has 0 aliphatic heterocycles. The van der Waals surface area contributed by atoms with Crippen molar-refractivity contribution in [2.75, 3.05) is 0 Å². The van der Waals surface area contributed by atoms with Gasteiger partial charge >= 0.3 is 0 Å². The summed E-state index contributed by atoms with van der Waals surface area (Å²) in [5.41, 5.74) is 0.382. The van der Waals surface area contributed by atoms with E-state index < -0.39 is 11.6 Å². The van der Waals surface area contributed by atoms with Gasteiger partial charge in [-0.2, -0.15) is 0 Å². The van der Waals surface area contributed by atoms with E-state index >= 15 is 0 Å². The Bertz CT molecular complexity index is 381. The summed E-state index contributed by atoms with van der Waals surface area (Å²) < 4.78 is 26.9.